The molecule has 0 unspecified atom stereocenters. The lowest BCUT2D eigenvalue weighted by Crippen LogP contribution is -2.08. The van der Waals surface area contributed by atoms with Gasteiger partial charge in [-0.25, -0.2) is 9.59 Å². The predicted octanol–water partition coefficient (Wildman–Crippen LogP) is 1.70. The monoisotopic (exact) mass is 214 g/mol. The molecule has 0 radical (unpaired) electrons. The Hall–Kier alpha value is -1.32. The molecule has 0 aliphatic rings. The minimum absolute atomic E-state index is 0.286. The Labute approximate surface area is 90.2 Å². The van der Waals surface area contributed by atoms with E-state index in [2.05, 4.69) is 0 Å². The maximum absolute atomic E-state index is 11.0. The number of carbonyl (C=O) groups is 2. The molecule has 0 aromatic carbocycles. The highest BCUT2D eigenvalue weighted by molar-refractivity contribution is 5.91. The molecular weight excluding hydrogens is 196 g/mol. The summed E-state index contributed by atoms with van der Waals surface area (Å²) in [7, 11) is 0. The molecule has 0 fully saturated rings. The fourth-order valence-corrected chi connectivity index (χ4v) is 0.684. The van der Waals surface area contributed by atoms with Crippen LogP contribution in [0.25, 0.3) is 0 Å². The third-order valence-electron chi connectivity index (χ3n) is 1.36. The second kappa shape index (κ2) is 8.03. The van der Waals surface area contributed by atoms with Crippen molar-refractivity contribution in [3.05, 3.63) is 12.2 Å². The van der Waals surface area contributed by atoms with Gasteiger partial charge in [0.2, 0.25) is 0 Å². The second-order valence-electron chi connectivity index (χ2n) is 3.52. The van der Waals surface area contributed by atoms with Gasteiger partial charge in [0.1, 0.15) is 0 Å². The Morgan fingerprint density at radius 1 is 1.13 bits per heavy atom. The van der Waals surface area contributed by atoms with Crippen LogP contribution in [0.2, 0.25) is 0 Å². The molecule has 0 saturated carbocycles. The Morgan fingerprint density at radius 2 is 1.67 bits per heavy atom. The fourth-order valence-electron chi connectivity index (χ4n) is 0.684. The van der Waals surface area contributed by atoms with Gasteiger partial charge in [0.25, 0.3) is 0 Å². The fraction of sp³-hybridized carbons (Fsp3) is 0.636. The maximum Gasteiger partial charge on any atom is 0.331 e. The van der Waals surface area contributed by atoms with Crippen LogP contribution in [-0.2, 0) is 19.1 Å². The van der Waals surface area contributed by atoms with E-state index in [1.54, 1.807) is 0 Å². The van der Waals surface area contributed by atoms with Crippen LogP contribution in [0.1, 0.15) is 27.2 Å². The molecule has 0 heterocycles. The summed E-state index contributed by atoms with van der Waals surface area (Å²) in [6.45, 7) is 6.49. The van der Waals surface area contributed by atoms with Crippen LogP contribution in [0.15, 0.2) is 12.2 Å². The Morgan fingerprint density at radius 3 is 2.13 bits per heavy atom. The number of hydrogen-bond acceptors (Lipinski definition) is 4. The molecule has 4 nitrogen and oxygen atoms in total. The summed E-state index contributed by atoms with van der Waals surface area (Å²) in [4.78, 5) is 21.9. The lowest BCUT2D eigenvalue weighted by molar-refractivity contribution is -0.141. The highest BCUT2D eigenvalue weighted by Crippen LogP contribution is 1.94. The van der Waals surface area contributed by atoms with Crippen molar-refractivity contribution < 1.29 is 19.1 Å². The van der Waals surface area contributed by atoms with Crippen molar-refractivity contribution in [3.63, 3.8) is 0 Å². The first-order chi connectivity index (χ1) is 7.06. The Balaban J connectivity index is 3.74. The van der Waals surface area contributed by atoms with E-state index in [-0.39, 0.29) is 5.92 Å². The van der Waals surface area contributed by atoms with Crippen LogP contribution in [-0.4, -0.2) is 25.2 Å². The van der Waals surface area contributed by atoms with Crippen molar-refractivity contribution in [2.45, 2.75) is 27.2 Å². The predicted molar refractivity (Wildman–Crippen MR) is 56.2 cm³/mol. The number of ether oxygens (including phenoxy) is 2. The number of carbonyl (C=O) groups excluding carboxylic acids is 2. The first-order valence-corrected chi connectivity index (χ1v) is 5.07. The largest absolute Gasteiger partial charge is 0.463 e. The molecule has 86 valence electrons. The third-order valence-corrected chi connectivity index (χ3v) is 1.36. The molecule has 0 aliphatic carbocycles. The summed E-state index contributed by atoms with van der Waals surface area (Å²) in [5, 5.41) is 0. The topological polar surface area (TPSA) is 52.6 Å². The third kappa shape index (κ3) is 9.00. The van der Waals surface area contributed by atoms with Crippen LogP contribution in [0.4, 0.5) is 0 Å². The van der Waals surface area contributed by atoms with Gasteiger partial charge >= 0.3 is 11.9 Å². The highest BCUT2D eigenvalue weighted by Gasteiger charge is 2.01. The van der Waals surface area contributed by atoms with Crippen molar-refractivity contribution >= 4 is 11.9 Å². The number of esters is 2. The molecule has 4 heteroatoms. The zero-order valence-electron chi connectivity index (χ0n) is 9.49. The van der Waals surface area contributed by atoms with Crippen molar-refractivity contribution in [2.24, 2.45) is 5.92 Å². The maximum atomic E-state index is 11.0. The molecule has 0 aliphatic heterocycles. The highest BCUT2D eigenvalue weighted by atomic mass is 16.5. The van der Waals surface area contributed by atoms with Gasteiger partial charge < -0.3 is 9.47 Å². The molecule has 0 N–H and O–H groups in total. The normalized spacial score (nSPS) is 10.7. The van der Waals surface area contributed by atoms with E-state index in [0.29, 0.717) is 13.2 Å². The van der Waals surface area contributed by atoms with Crippen LogP contribution >= 0.6 is 0 Å². The van der Waals surface area contributed by atoms with Crippen LogP contribution in [0.5, 0.6) is 0 Å². The van der Waals surface area contributed by atoms with Gasteiger partial charge in [-0.3, -0.25) is 0 Å². The zero-order chi connectivity index (χ0) is 11.7. The van der Waals surface area contributed by atoms with Crippen LogP contribution in [0.3, 0.4) is 0 Å². The van der Waals surface area contributed by atoms with Crippen molar-refractivity contribution in [1.29, 1.82) is 0 Å². The average molecular weight is 214 g/mol. The molecule has 0 saturated heterocycles. The molecular formula is C11H18O4. The zero-order valence-corrected chi connectivity index (χ0v) is 9.49. The Bertz CT molecular complexity index is 231. The van der Waals surface area contributed by atoms with E-state index in [0.717, 1.165) is 18.6 Å². The van der Waals surface area contributed by atoms with Crippen LogP contribution < -0.4 is 0 Å². The number of hydrogen-bond donors (Lipinski definition) is 0. The summed E-state index contributed by atoms with van der Waals surface area (Å²) in [6.07, 6.45) is 2.93. The Kier molecular flexibility index (Phi) is 7.32. The first kappa shape index (κ1) is 13.7. The molecule has 0 aromatic heterocycles. The van der Waals surface area contributed by atoms with Crippen molar-refractivity contribution in [2.75, 3.05) is 13.2 Å². The van der Waals surface area contributed by atoms with E-state index in [4.69, 9.17) is 9.47 Å². The van der Waals surface area contributed by atoms with Gasteiger partial charge in [0.05, 0.1) is 13.2 Å². The van der Waals surface area contributed by atoms with E-state index in [9.17, 15) is 9.59 Å². The molecule has 0 amide bonds. The lowest BCUT2D eigenvalue weighted by atomic mass is 10.2. The summed E-state index contributed by atoms with van der Waals surface area (Å²) in [5.41, 5.74) is 0. The average Bonchev–Trinajstić information content (AvgIpc) is 2.20. The van der Waals surface area contributed by atoms with Gasteiger partial charge in [-0.05, 0) is 12.3 Å². The van der Waals surface area contributed by atoms with Gasteiger partial charge in [0.15, 0.2) is 0 Å². The second-order valence-corrected chi connectivity index (χ2v) is 3.52. The number of rotatable bonds is 6. The van der Waals surface area contributed by atoms with E-state index in [1.165, 1.54) is 0 Å². The van der Waals surface area contributed by atoms with E-state index >= 15 is 0 Å². The first-order valence-electron chi connectivity index (χ1n) is 5.07. The van der Waals surface area contributed by atoms with Crippen molar-refractivity contribution in [3.8, 4) is 0 Å². The molecule has 15 heavy (non-hydrogen) atoms. The summed E-state index contributed by atoms with van der Waals surface area (Å²) in [6, 6.07) is 0. The van der Waals surface area contributed by atoms with E-state index < -0.39 is 11.9 Å². The van der Waals surface area contributed by atoms with Gasteiger partial charge in [-0.15, -0.1) is 0 Å². The minimum atomic E-state index is -0.517. The summed E-state index contributed by atoms with van der Waals surface area (Å²) in [5.74, 6) is -0.745. The standard InChI is InChI=1S/C11H18O4/c1-4-7-14-10(12)5-6-11(13)15-8-9(2)3/h5-6,9H,4,7-8H2,1-3H3/b6-5+. The van der Waals surface area contributed by atoms with Crippen LogP contribution in [0, 0.1) is 5.92 Å². The molecule has 0 atom stereocenters. The minimum Gasteiger partial charge on any atom is -0.463 e. The summed E-state index contributed by atoms with van der Waals surface area (Å²) >= 11 is 0. The molecule has 0 rings (SSSR count). The summed E-state index contributed by atoms with van der Waals surface area (Å²) < 4.78 is 9.56. The molecule has 0 bridgehead atoms. The van der Waals surface area contributed by atoms with Gasteiger partial charge in [-0.2, -0.15) is 0 Å². The smallest absolute Gasteiger partial charge is 0.331 e. The van der Waals surface area contributed by atoms with Gasteiger partial charge in [0, 0.05) is 12.2 Å². The quantitative estimate of drug-likeness (QED) is 0.498. The molecule has 0 spiro atoms. The van der Waals surface area contributed by atoms with Gasteiger partial charge in [-0.1, -0.05) is 20.8 Å². The molecule has 0 aromatic rings. The van der Waals surface area contributed by atoms with E-state index in [1.807, 2.05) is 20.8 Å². The van der Waals surface area contributed by atoms with Crippen molar-refractivity contribution in [1.82, 2.24) is 0 Å². The SMILES string of the molecule is CCCOC(=O)/C=C/C(=O)OCC(C)C. The lowest BCUT2D eigenvalue weighted by Gasteiger charge is -2.03.